The van der Waals surface area contributed by atoms with Crippen molar-refractivity contribution in [3.63, 3.8) is 0 Å². The normalized spacial score (nSPS) is 15.0. The quantitative estimate of drug-likeness (QED) is 0.612. The predicted molar refractivity (Wildman–Crippen MR) is 91.1 cm³/mol. The standard InChI is InChI=1S/C20H21NO3/c22-19(14-24-20(23)18-8-4-5-13-21-18)17-11-9-16(10-12-17)15-6-2-1-3-7-15/h4-5,8-13,15H,1-3,6-7,14H2. The van der Waals surface area contributed by atoms with Gasteiger partial charge in [0.15, 0.2) is 12.4 Å². The van der Waals surface area contributed by atoms with Crippen LogP contribution in [-0.4, -0.2) is 23.3 Å². The minimum Gasteiger partial charge on any atom is -0.453 e. The molecule has 0 N–H and O–H groups in total. The van der Waals surface area contributed by atoms with Crippen molar-refractivity contribution in [3.8, 4) is 0 Å². The second-order valence-corrected chi connectivity index (χ2v) is 6.17. The summed E-state index contributed by atoms with van der Waals surface area (Å²) < 4.78 is 5.04. The summed E-state index contributed by atoms with van der Waals surface area (Å²) in [7, 11) is 0. The van der Waals surface area contributed by atoms with Gasteiger partial charge < -0.3 is 4.74 Å². The number of aromatic nitrogens is 1. The molecule has 2 aromatic rings. The highest BCUT2D eigenvalue weighted by molar-refractivity contribution is 5.99. The van der Waals surface area contributed by atoms with Gasteiger partial charge in [0.05, 0.1) is 0 Å². The van der Waals surface area contributed by atoms with E-state index in [9.17, 15) is 9.59 Å². The fraction of sp³-hybridized carbons (Fsp3) is 0.350. The Hall–Kier alpha value is -2.49. The number of nitrogens with zero attached hydrogens (tertiary/aromatic N) is 1. The summed E-state index contributed by atoms with van der Waals surface area (Å²) >= 11 is 0. The van der Waals surface area contributed by atoms with Gasteiger partial charge in [-0.15, -0.1) is 0 Å². The highest BCUT2D eigenvalue weighted by Gasteiger charge is 2.16. The molecular formula is C20H21NO3. The largest absolute Gasteiger partial charge is 0.453 e. The lowest BCUT2D eigenvalue weighted by Crippen LogP contribution is -2.15. The molecule has 1 aliphatic rings. The molecule has 0 amide bonds. The summed E-state index contributed by atoms with van der Waals surface area (Å²) in [5.74, 6) is -0.165. The minimum absolute atomic E-state index is 0.200. The topological polar surface area (TPSA) is 56.3 Å². The van der Waals surface area contributed by atoms with Crippen molar-refractivity contribution in [1.29, 1.82) is 0 Å². The number of pyridine rings is 1. The number of hydrogen-bond donors (Lipinski definition) is 0. The molecule has 0 saturated heterocycles. The van der Waals surface area contributed by atoms with Crippen LogP contribution in [0, 0.1) is 0 Å². The van der Waals surface area contributed by atoms with Gasteiger partial charge in [0.25, 0.3) is 0 Å². The zero-order valence-electron chi connectivity index (χ0n) is 13.6. The van der Waals surface area contributed by atoms with E-state index in [2.05, 4.69) is 4.98 Å². The Labute approximate surface area is 141 Å². The first kappa shape index (κ1) is 16.4. The molecule has 0 radical (unpaired) electrons. The van der Waals surface area contributed by atoms with Crippen LogP contribution in [0.2, 0.25) is 0 Å². The van der Waals surface area contributed by atoms with Crippen LogP contribution in [0.15, 0.2) is 48.7 Å². The Kier molecular flexibility index (Phi) is 5.36. The Bertz CT molecular complexity index is 689. The summed E-state index contributed by atoms with van der Waals surface area (Å²) in [5, 5.41) is 0. The molecule has 3 rings (SSSR count). The van der Waals surface area contributed by atoms with E-state index in [1.165, 1.54) is 43.9 Å². The highest BCUT2D eigenvalue weighted by atomic mass is 16.5. The van der Waals surface area contributed by atoms with Crippen molar-refractivity contribution in [2.45, 2.75) is 38.0 Å². The zero-order valence-corrected chi connectivity index (χ0v) is 13.6. The van der Waals surface area contributed by atoms with E-state index in [-0.39, 0.29) is 18.1 Å². The zero-order chi connectivity index (χ0) is 16.8. The van der Waals surface area contributed by atoms with E-state index >= 15 is 0 Å². The first-order valence-corrected chi connectivity index (χ1v) is 8.45. The van der Waals surface area contributed by atoms with E-state index in [1.807, 2.05) is 24.3 Å². The number of rotatable bonds is 5. The molecule has 1 fully saturated rings. The van der Waals surface area contributed by atoms with Crippen LogP contribution >= 0.6 is 0 Å². The second kappa shape index (κ2) is 7.86. The molecule has 1 aliphatic carbocycles. The summed E-state index contributed by atoms with van der Waals surface area (Å²) in [5.41, 5.74) is 2.08. The monoisotopic (exact) mass is 323 g/mol. The maximum atomic E-state index is 12.2. The van der Waals surface area contributed by atoms with Gasteiger partial charge in [0.2, 0.25) is 0 Å². The SMILES string of the molecule is O=C(COC(=O)c1ccccn1)c1ccc(C2CCCCC2)cc1. The molecular weight excluding hydrogens is 302 g/mol. The van der Waals surface area contributed by atoms with Gasteiger partial charge in [-0.3, -0.25) is 4.79 Å². The number of hydrogen-bond acceptors (Lipinski definition) is 4. The molecule has 124 valence electrons. The lowest BCUT2D eigenvalue weighted by molar-refractivity contribution is 0.0469. The smallest absolute Gasteiger partial charge is 0.357 e. The number of Topliss-reactive ketones (excluding diaryl/α,β-unsaturated/α-hetero) is 1. The van der Waals surface area contributed by atoms with Crippen LogP contribution in [0.3, 0.4) is 0 Å². The molecule has 4 heteroatoms. The summed E-state index contributed by atoms with van der Waals surface area (Å²) in [6.45, 7) is -0.266. The molecule has 1 heterocycles. The van der Waals surface area contributed by atoms with Crippen molar-refractivity contribution in [3.05, 3.63) is 65.5 Å². The van der Waals surface area contributed by atoms with E-state index in [0.717, 1.165) is 0 Å². The minimum atomic E-state index is -0.581. The highest BCUT2D eigenvalue weighted by Crippen LogP contribution is 2.32. The second-order valence-electron chi connectivity index (χ2n) is 6.17. The van der Waals surface area contributed by atoms with Gasteiger partial charge in [0, 0.05) is 11.8 Å². The molecule has 0 atom stereocenters. The molecule has 0 aliphatic heterocycles. The molecule has 0 spiro atoms. The average Bonchev–Trinajstić information content (AvgIpc) is 2.67. The maximum absolute atomic E-state index is 12.2. The van der Waals surface area contributed by atoms with E-state index < -0.39 is 5.97 Å². The van der Waals surface area contributed by atoms with Gasteiger partial charge >= 0.3 is 5.97 Å². The summed E-state index contributed by atoms with van der Waals surface area (Å²) in [6, 6.07) is 12.7. The number of ether oxygens (including phenoxy) is 1. The van der Waals surface area contributed by atoms with Crippen molar-refractivity contribution in [2.24, 2.45) is 0 Å². The lowest BCUT2D eigenvalue weighted by atomic mass is 9.84. The van der Waals surface area contributed by atoms with Gasteiger partial charge in [-0.2, -0.15) is 0 Å². The van der Waals surface area contributed by atoms with Crippen LogP contribution in [-0.2, 0) is 4.74 Å². The molecule has 0 unspecified atom stereocenters. The molecule has 0 bridgehead atoms. The lowest BCUT2D eigenvalue weighted by Gasteiger charge is -2.22. The number of carbonyl (C=O) groups excluding carboxylic acids is 2. The third-order valence-corrected chi connectivity index (χ3v) is 4.52. The number of benzene rings is 1. The maximum Gasteiger partial charge on any atom is 0.357 e. The van der Waals surface area contributed by atoms with Crippen LogP contribution in [0.5, 0.6) is 0 Å². The van der Waals surface area contributed by atoms with E-state index in [0.29, 0.717) is 11.5 Å². The molecule has 1 aromatic heterocycles. The van der Waals surface area contributed by atoms with Crippen LogP contribution in [0.25, 0.3) is 0 Å². The number of esters is 1. The van der Waals surface area contributed by atoms with Gasteiger partial charge in [-0.05, 0) is 36.5 Å². The molecule has 24 heavy (non-hydrogen) atoms. The van der Waals surface area contributed by atoms with Crippen LogP contribution in [0.1, 0.15) is 64.4 Å². The fourth-order valence-corrected chi connectivity index (χ4v) is 3.15. The van der Waals surface area contributed by atoms with Gasteiger partial charge in [-0.25, -0.2) is 9.78 Å². The third-order valence-electron chi connectivity index (χ3n) is 4.52. The van der Waals surface area contributed by atoms with Gasteiger partial charge in [-0.1, -0.05) is 49.6 Å². The molecule has 1 saturated carbocycles. The van der Waals surface area contributed by atoms with E-state index in [4.69, 9.17) is 4.74 Å². The van der Waals surface area contributed by atoms with Crippen molar-refractivity contribution in [1.82, 2.24) is 4.98 Å². The van der Waals surface area contributed by atoms with Crippen LogP contribution in [0.4, 0.5) is 0 Å². The van der Waals surface area contributed by atoms with Crippen molar-refractivity contribution >= 4 is 11.8 Å². The molecule has 1 aromatic carbocycles. The predicted octanol–water partition coefficient (Wildman–Crippen LogP) is 4.17. The molecule has 4 nitrogen and oxygen atoms in total. The first-order chi connectivity index (χ1) is 11.7. The summed E-state index contributed by atoms with van der Waals surface area (Å²) in [4.78, 5) is 27.9. The van der Waals surface area contributed by atoms with E-state index in [1.54, 1.807) is 18.2 Å². The van der Waals surface area contributed by atoms with Crippen molar-refractivity contribution < 1.29 is 14.3 Å². The Morgan fingerprint density at radius 3 is 2.42 bits per heavy atom. The summed E-state index contributed by atoms with van der Waals surface area (Å²) in [6.07, 6.45) is 7.88. The van der Waals surface area contributed by atoms with Crippen molar-refractivity contribution in [2.75, 3.05) is 6.61 Å². The average molecular weight is 323 g/mol. The number of ketones is 1. The first-order valence-electron chi connectivity index (χ1n) is 8.45. The van der Waals surface area contributed by atoms with Crippen LogP contribution < -0.4 is 0 Å². The Balaban J connectivity index is 1.56. The van der Waals surface area contributed by atoms with Gasteiger partial charge in [0.1, 0.15) is 5.69 Å². The Morgan fingerprint density at radius 1 is 1.00 bits per heavy atom. The third kappa shape index (κ3) is 4.07. The number of carbonyl (C=O) groups is 2. The Morgan fingerprint density at radius 2 is 1.75 bits per heavy atom. The fourth-order valence-electron chi connectivity index (χ4n) is 3.15.